The van der Waals surface area contributed by atoms with Crippen LogP contribution in [0.15, 0.2) is 24.3 Å². The number of fused-ring (bicyclic) bond motifs is 1. The fraction of sp³-hybridized carbons (Fsp3) is 0.550. The number of likely N-dealkylation sites (tertiary alicyclic amines) is 1. The van der Waals surface area contributed by atoms with Crippen molar-refractivity contribution in [3.8, 4) is 0 Å². The van der Waals surface area contributed by atoms with Gasteiger partial charge in [-0.3, -0.25) is 4.79 Å². The Hall–Kier alpha value is -1.52. The van der Waals surface area contributed by atoms with Gasteiger partial charge in [0.15, 0.2) is 0 Å². The molecule has 2 N–H and O–H groups in total. The Morgan fingerprint density at radius 1 is 1.16 bits per heavy atom. The number of aromatic nitrogens is 1. The maximum Gasteiger partial charge on any atom is 0.267 e. The van der Waals surface area contributed by atoms with Gasteiger partial charge in [0.1, 0.15) is 5.69 Å². The van der Waals surface area contributed by atoms with E-state index < -0.39 is 0 Å². The van der Waals surface area contributed by atoms with Crippen LogP contribution in [0, 0.1) is 5.92 Å². The van der Waals surface area contributed by atoms with Gasteiger partial charge < -0.3 is 15.2 Å². The lowest BCUT2D eigenvalue weighted by atomic mass is 10.0. The van der Waals surface area contributed by atoms with Gasteiger partial charge in [0.25, 0.3) is 5.91 Å². The summed E-state index contributed by atoms with van der Waals surface area (Å²) in [6, 6.07) is 7.79. The van der Waals surface area contributed by atoms with Crippen LogP contribution in [0.2, 0.25) is 5.02 Å². The minimum absolute atomic E-state index is 0.0124. The summed E-state index contributed by atoms with van der Waals surface area (Å²) in [6.07, 6.45) is 7.72. The molecule has 0 bridgehead atoms. The van der Waals surface area contributed by atoms with Gasteiger partial charge >= 0.3 is 0 Å². The first-order valence-electron chi connectivity index (χ1n) is 9.49. The van der Waals surface area contributed by atoms with Gasteiger partial charge in [0, 0.05) is 41.6 Å². The molecule has 1 aromatic carbocycles. The maximum absolute atomic E-state index is 12.5. The van der Waals surface area contributed by atoms with Gasteiger partial charge in [0.2, 0.25) is 0 Å². The number of hydrogen-bond donors (Lipinski definition) is 2. The van der Waals surface area contributed by atoms with E-state index in [0.717, 1.165) is 42.8 Å². The Morgan fingerprint density at radius 2 is 1.92 bits per heavy atom. The molecule has 4 nitrogen and oxygen atoms in total. The van der Waals surface area contributed by atoms with E-state index in [1.54, 1.807) is 0 Å². The second-order valence-corrected chi connectivity index (χ2v) is 8.05. The van der Waals surface area contributed by atoms with E-state index in [9.17, 15) is 4.79 Å². The van der Waals surface area contributed by atoms with E-state index in [2.05, 4.69) is 15.2 Å². The molecule has 1 saturated heterocycles. The minimum atomic E-state index is -0.0124. The Morgan fingerprint density at radius 3 is 2.68 bits per heavy atom. The maximum atomic E-state index is 12.5. The van der Waals surface area contributed by atoms with Gasteiger partial charge in [0.05, 0.1) is 0 Å². The number of carbonyl (C=O) groups excluding carboxylic acids is 1. The van der Waals surface area contributed by atoms with Crippen LogP contribution in [-0.4, -0.2) is 41.5 Å². The number of rotatable bonds is 4. The fourth-order valence-electron chi connectivity index (χ4n) is 4.31. The number of benzene rings is 1. The van der Waals surface area contributed by atoms with Gasteiger partial charge in [-0.1, -0.05) is 24.4 Å². The molecule has 2 fully saturated rings. The standard InChI is InChI=1S/C20H26ClN3O/c21-16-5-6-18-15(11-16)12-19(23-18)20(25)22-17-7-9-24(10-8-17)13-14-3-1-2-4-14/h5-6,11-12,14,17,23H,1-4,7-10,13H2,(H,22,25). The molecule has 1 amide bonds. The van der Waals surface area contributed by atoms with Crippen molar-refractivity contribution in [1.29, 1.82) is 0 Å². The molecular formula is C20H26ClN3O. The van der Waals surface area contributed by atoms with E-state index in [-0.39, 0.29) is 11.9 Å². The topological polar surface area (TPSA) is 48.1 Å². The molecule has 1 aromatic heterocycles. The van der Waals surface area contributed by atoms with Gasteiger partial charge in [-0.25, -0.2) is 0 Å². The number of halogens is 1. The first kappa shape index (κ1) is 16.9. The zero-order chi connectivity index (χ0) is 17.2. The van der Waals surface area contributed by atoms with Crippen molar-refractivity contribution in [2.45, 2.75) is 44.6 Å². The first-order chi connectivity index (χ1) is 12.2. The van der Waals surface area contributed by atoms with Crippen molar-refractivity contribution in [3.63, 3.8) is 0 Å². The van der Waals surface area contributed by atoms with Gasteiger partial charge in [-0.15, -0.1) is 0 Å². The highest BCUT2D eigenvalue weighted by Crippen LogP contribution is 2.26. The van der Waals surface area contributed by atoms with Crippen molar-refractivity contribution in [2.24, 2.45) is 5.92 Å². The number of hydrogen-bond acceptors (Lipinski definition) is 2. The second kappa shape index (κ2) is 7.38. The highest BCUT2D eigenvalue weighted by atomic mass is 35.5. The molecule has 134 valence electrons. The normalized spacial score (nSPS) is 20.4. The summed E-state index contributed by atoms with van der Waals surface area (Å²) >= 11 is 6.02. The van der Waals surface area contributed by atoms with Crippen LogP contribution in [0.25, 0.3) is 10.9 Å². The highest BCUT2D eigenvalue weighted by Gasteiger charge is 2.24. The molecule has 0 radical (unpaired) electrons. The van der Waals surface area contributed by atoms with Gasteiger partial charge in [-0.2, -0.15) is 0 Å². The number of piperidine rings is 1. The SMILES string of the molecule is O=C(NC1CCN(CC2CCCC2)CC1)c1cc2cc(Cl)ccc2[nH]1. The number of nitrogens with zero attached hydrogens (tertiary/aromatic N) is 1. The predicted molar refractivity (Wildman–Crippen MR) is 102 cm³/mol. The summed E-state index contributed by atoms with van der Waals surface area (Å²) in [6.45, 7) is 3.46. The van der Waals surface area contributed by atoms with E-state index >= 15 is 0 Å². The Bertz CT molecular complexity index is 742. The third-order valence-corrected chi connectivity index (χ3v) is 5.98. The lowest BCUT2D eigenvalue weighted by Gasteiger charge is -2.33. The summed E-state index contributed by atoms with van der Waals surface area (Å²) in [4.78, 5) is 18.3. The van der Waals surface area contributed by atoms with Crippen molar-refractivity contribution < 1.29 is 4.79 Å². The fourth-order valence-corrected chi connectivity index (χ4v) is 4.49. The monoisotopic (exact) mass is 359 g/mol. The summed E-state index contributed by atoms with van der Waals surface area (Å²) in [5.74, 6) is 0.894. The lowest BCUT2D eigenvalue weighted by Crippen LogP contribution is -2.45. The molecule has 4 rings (SSSR count). The van der Waals surface area contributed by atoms with Crippen molar-refractivity contribution >= 4 is 28.4 Å². The number of H-pyrrole nitrogens is 1. The molecule has 1 saturated carbocycles. The quantitative estimate of drug-likeness (QED) is 0.859. The third-order valence-electron chi connectivity index (χ3n) is 5.74. The molecule has 2 heterocycles. The molecule has 0 spiro atoms. The summed E-state index contributed by atoms with van der Waals surface area (Å²) < 4.78 is 0. The second-order valence-electron chi connectivity index (χ2n) is 7.61. The Balaban J connectivity index is 1.30. The van der Waals surface area contributed by atoms with Crippen molar-refractivity contribution in [1.82, 2.24) is 15.2 Å². The molecule has 25 heavy (non-hydrogen) atoms. The molecule has 2 aromatic rings. The van der Waals surface area contributed by atoms with Crippen LogP contribution in [-0.2, 0) is 0 Å². The van der Waals surface area contributed by atoms with Crippen LogP contribution < -0.4 is 5.32 Å². The molecule has 2 aliphatic rings. The van der Waals surface area contributed by atoms with Gasteiger partial charge in [-0.05, 0) is 55.9 Å². The van der Waals surface area contributed by atoms with Crippen molar-refractivity contribution in [2.75, 3.05) is 19.6 Å². The lowest BCUT2D eigenvalue weighted by molar-refractivity contribution is 0.0901. The molecular weight excluding hydrogens is 334 g/mol. The van der Waals surface area contributed by atoms with E-state index in [1.807, 2.05) is 24.3 Å². The number of amides is 1. The zero-order valence-corrected chi connectivity index (χ0v) is 15.3. The number of carbonyl (C=O) groups is 1. The third kappa shape index (κ3) is 4.01. The molecule has 1 aliphatic carbocycles. The minimum Gasteiger partial charge on any atom is -0.351 e. The van der Waals surface area contributed by atoms with Crippen LogP contribution in [0.4, 0.5) is 0 Å². The van der Waals surface area contributed by atoms with Crippen molar-refractivity contribution in [3.05, 3.63) is 35.0 Å². The molecule has 0 unspecified atom stereocenters. The first-order valence-corrected chi connectivity index (χ1v) is 9.87. The number of aromatic amines is 1. The van der Waals surface area contributed by atoms with Crippen LogP contribution in [0.5, 0.6) is 0 Å². The Kier molecular flexibility index (Phi) is 5.00. The number of nitrogens with one attached hydrogen (secondary N) is 2. The Labute approximate surface area is 153 Å². The zero-order valence-electron chi connectivity index (χ0n) is 14.6. The highest BCUT2D eigenvalue weighted by molar-refractivity contribution is 6.31. The van der Waals surface area contributed by atoms with Crippen LogP contribution in [0.3, 0.4) is 0 Å². The largest absolute Gasteiger partial charge is 0.351 e. The average Bonchev–Trinajstić information content (AvgIpc) is 3.25. The average molecular weight is 360 g/mol. The van der Waals surface area contributed by atoms with Crippen LogP contribution in [0.1, 0.15) is 49.0 Å². The smallest absolute Gasteiger partial charge is 0.267 e. The van der Waals surface area contributed by atoms with E-state index in [4.69, 9.17) is 11.6 Å². The summed E-state index contributed by atoms with van der Waals surface area (Å²) in [5, 5.41) is 4.86. The molecule has 0 atom stereocenters. The van der Waals surface area contributed by atoms with E-state index in [0.29, 0.717) is 10.7 Å². The summed E-state index contributed by atoms with van der Waals surface area (Å²) in [5.41, 5.74) is 1.56. The van der Waals surface area contributed by atoms with E-state index in [1.165, 1.54) is 32.2 Å². The predicted octanol–water partition coefficient (Wildman–Crippen LogP) is 4.21. The molecule has 1 aliphatic heterocycles. The summed E-state index contributed by atoms with van der Waals surface area (Å²) in [7, 11) is 0. The van der Waals surface area contributed by atoms with Crippen LogP contribution >= 0.6 is 11.6 Å². The molecule has 5 heteroatoms.